The van der Waals surface area contributed by atoms with Crippen molar-refractivity contribution in [3.63, 3.8) is 0 Å². The van der Waals surface area contributed by atoms with Crippen molar-refractivity contribution in [1.29, 1.82) is 0 Å². The van der Waals surface area contributed by atoms with Crippen LogP contribution in [0.3, 0.4) is 0 Å². The predicted octanol–water partition coefficient (Wildman–Crippen LogP) is 3.89. The van der Waals surface area contributed by atoms with Crippen molar-refractivity contribution in [3.8, 4) is 0 Å². The van der Waals surface area contributed by atoms with Crippen LogP contribution in [0.2, 0.25) is 0 Å². The third kappa shape index (κ3) is 4.89. The largest absolute Gasteiger partial charge is 0.374 e. The second-order valence-corrected chi connectivity index (χ2v) is 6.29. The highest BCUT2D eigenvalue weighted by Gasteiger charge is 2.26. The molecule has 2 aliphatic rings. The fourth-order valence-corrected chi connectivity index (χ4v) is 3.13. The fraction of sp³-hybridized carbons (Fsp3) is 1.00. The van der Waals surface area contributed by atoms with Crippen LogP contribution in [0.4, 0.5) is 0 Å². The molecule has 0 radical (unpaired) electrons. The topological polar surface area (TPSA) is 21.3 Å². The van der Waals surface area contributed by atoms with Gasteiger partial charge in [-0.1, -0.05) is 39.5 Å². The maximum Gasteiger partial charge on any atom is 0.0703 e. The van der Waals surface area contributed by atoms with Gasteiger partial charge in [-0.2, -0.15) is 0 Å². The Kier molecular flexibility index (Phi) is 5.97. The molecule has 3 unspecified atom stereocenters. The molecular formula is C16H31NO. The van der Waals surface area contributed by atoms with Crippen LogP contribution >= 0.6 is 0 Å². The van der Waals surface area contributed by atoms with Crippen molar-refractivity contribution < 1.29 is 4.74 Å². The zero-order valence-electron chi connectivity index (χ0n) is 12.3. The Morgan fingerprint density at radius 1 is 1.17 bits per heavy atom. The maximum atomic E-state index is 6.38. The van der Waals surface area contributed by atoms with E-state index in [-0.39, 0.29) is 0 Å². The number of rotatable bonds is 8. The van der Waals surface area contributed by atoms with Gasteiger partial charge in [0.05, 0.1) is 12.2 Å². The molecule has 0 saturated heterocycles. The lowest BCUT2D eigenvalue weighted by Crippen LogP contribution is -2.35. The summed E-state index contributed by atoms with van der Waals surface area (Å²) >= 11 is 0. The molecule has 106 valence electrons. The molecule has 2 rings (SSSR count). The quantitative estimate of drug-likeness (QED) is 0.708. The third-order valence-electron chi connectivity index (χ3n) is 4.52. The van der Waals surface area contributed by atoms with Gasteiger partial charge >= 0.3 is 0 Å². The van der Waals surface area contributed by atoms with Crippen LogP contribution < -0.4 is 5.32 Å². The molecule has 2 saturated carbocycles. The van der Waals surface area contributed by atoms with E-state index in [9.17, 15) is 0 Å². The van der Waals surface area contributed by atoms with Gasteiger partial charge in [-0.15, -0.1) is 0 Å². The lowest BCUT2D eigenvalue weighted by Gasteiger charge is -2.32. The average Bonchev–Trinajstić information content (AvgIpc) is 3.20. The Hall–Kier alpha value is -0.0800. The van der Waals surface area contributed by atoms with E-state index in [1.165, 1.54) is 57.8 Å². The lowest BCUT2D eigenvalue weighted by molar-refractivity contribution is -0.0432. The summed E-state index contributed by atoms with van der Waals surface area (Å²) in [4.78, 5) is 0. The monoisotopic (exact) mass is 253 g/mol. The second-order valence-electron chi connectivity index (χ2n) is 6.29. The van der Waals surface area contributed by atoms with E-state index < -0.39 is 0 Å². The van der Waals surface area contributed by atoms with Crippen LogP contribution in [-0.2, 0) is 4.74 Å². The molecule has 0 aromatic rings. The smallest absolute Gasteiger partial charge is 0.0703 e. The van der Waals surface area contributed by atoms with Crippen molar-refractivity contribution in [2.24, 2.45) is 5.92 Å². The molecule has 0 amide bonds. The molecule has 2 aliphatic carbocycles. The van der Waals surface area contributed by atoms with Gasteiger partial charge in [0, 0.05) is 12.6 Å². The zero-order chi connectivity index (χ0) is 12.8. The molecule has 0 aromatic heterocycles. The highest BCUT2D eigenvalue weighted by Crippen LogP contribution is 2.29. The minimum atomic E-state index is 0.455. The summed E-state index contributed by atoms with van der Waals surface area (Å²) in [6.07, 6.45) is 12.9. The molecule has 0 bridgehead atoms. The normalized spacial score (nSPS) is 30.3. The molecule has 0 heterocycles. The van der Waals surface area contributed by atoms with Crippen LogP contribution in [0.25, 0.3) is 0 Å². The molecule has 0 aliphatic heterocycles. The van der Waals surface area contributed by atoms with Crippen molar-refractivity contribution >= 4 is 0 Å². The Morgan fingerprint density at radius 2 is 2.00 bits per heavy atom. The van der Waals surface area contributed by atoms with Gasteiger partial charge in [0.1, 0.15) is 0 Å². The first-order chi connectivity index (χ1) is 8.81. The van der Waals surface area contributed by atoms with E-state index >= 15 is 0 Å². The molecular weight excluding hydrogens is 222 g/mol. The first-order valence-electron chi connectivity index (χ1n) is 8.20. The van der Waals surface area contributed by atoms with Gasteiger partial charge in [0.15, 0.2) is 0 Å². The zero-order valence-corrected chi connectivity index (χ0v) is 12.3. The number of hydrogen-bond acceptors (Lipinski definition) is 2. The van der Waals surface area contributed by atoms with Crippen molar-refractivity contribution in [2.45, 2.75) is 89.9 Å². The Balaban J connectivity index is 1.71. The van der Waals surface area contributed by atoms with Crippen molar-refractivity contribution in [3.05, 3.63) is 0 Å². The van der Waals surface area contributed by atoms with Crippen LogP contribution in [-0.4, -0.2) is 24.8 Å². The van der Waals surface area contributed by atoms with Crippen molar-refractivity contribution in [1.82, 2.24) is 5.32 Å². The number of ether oxygens (including phenoxy) is 1. The summed E-state index contributed by atoms with van der Waals surface area (Å²) in [5.41, 5.74) is 0. The van der Waals surface area contributed by atoms with Crippen LogP contribution in [0.1, 0.15) is 71.6 Å². The molecule has 2 nitrogen and oxygen atoms in total. The molecule has 1 N–H and O–H groups in total. The Labute approximate surface area is 113 Å². The second kappa shape index (κ2) is 7.49. The summed E-state index contributed by atoms with van der Waals surface area (Å²) < 4.78 is 6.38. The average molecular weight is 253 g/mol. The first-order valence-corrected chi connectivity index (χ1v) is 8.20. The van der Waals surface area contributed by atoms with Crippen LogP contribution in [0, 0.1) is 5.92 Å². The Morgan fingerprint density at radius 3 is 2.67 bits per heavy atom. The summed E-state index contributed by atoms with van der Waals surface area (Å²) in [5, 5.41) is 3.63. The van der Waals surface area contributed by atoms with E-state index in [1.54, 1.807) is 0 Å². The molecule has 2 heteroatoms. The van der Waals surface area contributed by atoms with Gasteiger partial charge in [-0.3, -0.25) is 0 Å². The highest BCUT2D eigenvalue weighted by molar-refractivity contribution is 4.82. The first kappa shape index (κ1) is 14.3. The maximum absolute atomic E-state index is 6.38. The number of nitrogens with one attached hydrogen (secondary N) is 1. The van der Waals surface area contributed by atoms with Crippen LogP contribution in [0.5, 0.6) is 0 Å². The summed E-state index contributed by atoms with van der Waals surface area (Å²) in [5.74, 6) is 0.919. The summed E-state index contributed by atoms with van der Waals surface area (Å²) in [6, 6.07) is 0.808. The fourth-order valence-electron chi connectivity index (χ4n) is 3.13. The highest BCUT2D eigenvalue weighted by atomic mass is 16.5. The van der Waals surface area contributed by atoms with E-state index in [4.69, 9.17) is 4.74 Å². The van der Waals surface area contributed by atoms with Gasteiger partial charge in [-0.25, -0.2) is 0 Å². The van der Waals surface area contributed by atoms with Gasteiger partial charge in [0.25, 0.3) is 0 Å². The SMILES string of the molecule is CCCC(CNC1CC1)OC1CCCC(CC)C1. The summed E-state index contributed by atoms with van der Waals surface area (Å²) in [7, 11) is 0. The number of hydrogen-bond donors (Lipinski definition) is 1. The lowest BCUT2D eigenvalue weighted by atomic mass is 9.85. The van der Waals surface area contributed by atoms with Crippen LogP contribution in [0.15, 0.2) is 0 Å². The molecule has 3 atom stereocenters. The van der Waals surface area contributed by atoms with E-state index in [1.807, 2.05) is 0 Å². The minimum absolute atomic E-state index is 0.455. The van der Waals surface area contributed by atoms with Gasteiger partial charge < -0.3 is 10.1 Å². The summed E-state index contributed by atoms with van der Waals surface area (Å²) in [6.45, 7) is 5.67. The van der Waals surface area contributed by atoms with Crippen molar-refractivity contribution in [2.75, 3.05) is 6.54 Å². The van der Waals surface area contributed by atoms with Gasteiger partial charge in [-0.05, 0) is 38.0 Å². The molecule has 0 aromatic carbocycles. The standard InChI is InChI=1S/C16H31NO/c1-3-6-16(12-17-14-9-10-14)18-15-8-5-7-13(4-2)11-15/h13-17H,3-12H2,1-2H3. The predicted molar refractivity (Wildman–Crippen MR) is 76.8 cm³/mol. The minimum Gasteiger partial charge on any atom is -0.374 e. The molecule has 0 spiro atoms. The molecule has 18 heavy (non-hydrogen) atoms. The Bertz CT molecular complexity index is 227. The van der Waals surface area contributed by atoms with Gasteiger partial charge in [0.2, 0.25) is 0 Å². The van der Waals surface area contributed by atoms with E-state index in [0.717, 1.165) is 18.5 Å². The van der Waals surface area contributed by atoms with E-state index in [0.29, 0.717) is 12.2 Å². The molecule has 2 fully saturated rings. The van der Waals surface area contributed by atoms with E-state index in [2.05, 4.69) is 19.2 Å². The third-order valence-corrected chi connectivity index (χ3v) is 4.52.